The molecule has 1 N–H and O–H groups in total. The first-order valence-electron chi connectivity index (χ1n) is 9.52. The lowest BCUT2D eigenvalue weighted by Crippen LogP contribution is -2.06. The van der Waals surface area contributed by atoms with E-state index in [1.165, 1.54) is 18.4 Å². The van der Waals surface area contributed by atoms with Crippen LogP contribution < -0.4 is 10.1 Å². The molecule has 0 aliphatic heterocycles. The van der Waals surface area contributed by atoms with Crippen molar-refractivity contribution >= 4 is 17.2 Å². The number of ether oxygens (including phenoxy) is 1. The van der Waals surface area contributed by atoms with Gasteiger partial charge in [-0.25, -0.2) is 4.98 Å². The lowest BCUT2D eigenvalue weighted by molar-refractivity contribution is 0.287. The van der Waals surface area contributed by atoms with E-state index < -0.39 is 0 Å². The second-order valence-corrected chi connectivity index (χ2v) is 7.94. The zero-order chi connectivity index (χ0) is 19.8. The summed E-state index contributed by atoms with van der Waals surface area (Å²) in [7, 11) is 0. The number of hydrogen-bond donors (Lipinski definition) is 1. The zero-order valence-electron chi connectivity index (χ0n) is 16.6. The zero-order valence-corrected chi connectivity index (χ0v) is 17.4. The predicted molar refractivity (Wildman–Crippen MR) is 111 cm³/mol. The topological polar surface area (TPSA) is 85.7 Å². The van der Waals surface area contributed by atoms with Crippen LogP contribution in [-0.2, 0) is 13.0 Å². The third kappa shape index (κ3) is 6.84. The highest BCUT2D eigenvalue weighted by molar-refractivity contribution is 7.11. The third-order valence-corrected chi connectivity index (χ3v) is 4.94. The lowest BCUT2D eigenvalue weighted by Gasteiger charge is -2.08. The Hall–Kier alpha value is -2.61. The van der Waals surface area contributed by atoms with Crippen LogP contribution in [0.1, 0.15) is 41.2 Å². The molecule has 0 saturated heterocycles. The van der Waals surface area contributed by atoms with Gasteiger partial charge in [-0.15, -0.1) is 10.2 Å². The van der Waals surface area contributed by atoms with Crippen LogP contribution in [0.2, 0.25) is 0 Å². The van der Waals surface area contributed by atoms with Gasteiger partial charge in [-0.2, -0.15) is 4.98 Å². The first-order chi connectivity index (χ1) is 13.6. The van der Waals surface area contributed by atoms with Crippen molar-refractivity contribution in [3.63, 3.8) is 0 Å². The van der Waals surface area contributed by atoms with Gasteiger partial charge < -0.3 is 10.1 Å². The summed E-state index contributed by atoms with van der Waals surface area (Å²) in [6, 6.07) is 5.87. The molecule has 0 bridgehead atoms. The lowest BCUT2D eigenvalue weighted by atomic mass is 10.2. The molecule has 1 aliphatic carbocycles. The van der Waals surface area contributed by atoms with E-state index in [9.17, 15) is 0 Å². The molecule has 1 fully saturated rings. The summed E-state index contributed by atoms with van der Waals surface area (Å²) in [5, 5.41) is 13.2. The van der Waals surface area contributed by atoms with Gasteiger partial charge in [0.05, 0.1) is 13.2 Å². The molecule has 8 heteroatoms. The molecule has 4 rings (SSSR count). The number of aromatic nitrogens is 5. The van der Waals surface area contributed by atoms with Crippen LogP contribution in [0.25, 0.3) is 0 Å². The van der Waals surface area contributed by atoms with Crippen LogP contribution in [0.3, 0.4) is 0 Å². The van der Waals surface area contributed by atoms with Gasteiger partial charge in [0.1, 0.15) is 21.7 Å². The number of nitrogens with one attached hydrogen (secondary N) is 1. The van der Waals surface area contributed by atoms with E-state index in [-0.39, 0.29) is 0 Å². The molecular formula is C20H26N6OS. The molecule has 1 aliphatic rings. The molecule has 0 radical (unpaired) electrons. The molecule has 3 aromatic heterocycles. The number of rotatable bonds is 7. The standard InChI is InChI=1S/C13H17N5OS.C7H9N/c1-8-15-11(14-6-13-18-17-9(2)20-13)5-12(16-8)19-7-10-3-4-10;1-2-7-4-3-5-8-6-7/h5,10H,3-4,6-7H2,1-2H3,(H,14,15,16);3-6H,2H2,1H3. The maximum Gasteiger partial charge on any atom is 0.218 e. The first-order valence-corrected chi connectivity index (χ1v) is 10.3. The highest BCUT2D eigenvalue weighted by Crippen LogP contribution is 2.29. The summed E-state index contributed by atoms with van der Waals surface area (Å²) in [6.07, 6.45) is 7.30. The van der Waals surface area contributed by atoms with Crippen LogP contribution in [-0.4, -0.2) is 31.8 Å². The van der Waals surface area contributed by atoms with Crippen molar-refractivity contribution in [2.45, 2.75) is 46.6 Å². The highest BCUT2D eigenvalue weighted by atomic mass is 32.1. The summed E-state index contributed by atoms with van der Waals surface area (Å²) in [6.45, 7) is 7.30. The molecule has 0 amide bonds. The van der Waals surface area contributed by atoms with Crippen molar-refractivity contribution in [1.29, 1.82) is 0 Å². The molecular weight excluding hydrogens is 372 g/mol. The monoisotopic (exact) mass is 398 g/mol. The van der Waals surface area contributed by atoms with Gasteiger partial charge in [0.15, 0.2) is 0 Å². The van der Waals surface area contributed by atoms with Crippen molar-refractivity contribution in [2.75, 3.05) is 11.9 Å². The van der Waals surface area contributed by atoms with E-state index >= 15 is 0 Å². The fraction of sp³-hybridized carbons (Fsp3) is 0.450. The summed E-state index contributed by atoms with van der Waals surface area (Å²) in [5.74, 6) is 2.82. The average Bonchev–Trinajstić information content (AvgIpc) is 3.45. The van der Waals surface area contributed by atoms with Gasteiger partial charge in [-0.3, -0.25) is 4.98 Å². The van der Waals surface area contributed by atoms with Crippen LogP contribution in [0.15, 0.2) is 30.6 Å². The van der Waals surface area contributed by atoms with E-state index in [2.05, 4.69) is 43.5 Å². The molecule has 0 unspecified atom stereocenters. The van der Waals surface area contributed by atoms with Gasteiger partial charge in [-0.05, 0) is 50.7 Å². The maximum atomic E-state index is 5.69. The molecule has 0 atom stereocenters. The fourth-order valence-corrected chi connectivity index (χ4v) is 3.02. The second kappa shape index (κ2) is 10.1. The van der Waals surface area contributed by atoms with Crippen LogP contribution in [0.5, 0.6) is 5.88 Å². The largest absolute Gasteiger partial charge is 0.477 e. The van der Waals surface area contributed by atoms with E-state index in [0.717, 1.165) is 28.9 Å². The van der Waals surface area contributed by atoms with Gasteiger partial charge in [0, 0.05) is 18.5 Å². The molecule has 3 aromatic rings. The fourth-order valence-electron chi connectivity index (χ4n) is 2.37. The molecule has 7 nitrogen and oxygen atoms in total. The predicted octanol–water partition coefficient (Wildman–Crippen LogP) is 3.99. The molecule has 28 heavy (non-hydrogen) atoms. The Kier molecular flexibility index (Phi) is 7.25. The number of anilines is 1. The Bertz CT molecular complexity index is 866. The smallest absolute Gasteiger partial charge is 0.218 e. The SMILES string of the molecule is CCc1cccnc1.Cc1nc(NCc2nnc(C)s2)cc(OCC2CC2)n1. The molecule has 0 aromatic carbocycles. The van der Waals surface area contributed by atoms with Gasteiger partial charge in [0.25, 0.3) is 0 Å². The van der Waals surface area contributed by atoms with Crippen molar-refractivity contribution in [1.82, 2.24) is 25.1 Å². The Morgan fingerprint density at radius 2 is 2.07 bits per heavy atom. The van der Waals surface area contributed by atoms with Gasteiger partial charge >= 0.3 is 0 Å². The average molecular weight is 399 g/mol. The van der Waals surface area contributed by atoms with Crippen molar-refractivity contribution in [3.05, 3.63) is 52.0 Å². The molecule has 3 heterocycles. The van der Waals surface area contributed by atoms with Crippen LogP contribution in [0, 0.1) is 19.8 Å². The Morgan fingerprint density at radius 1 is 1.21 bits per heavy atom. The normalized spacial score (nSPS) is 12.8. The van der Waals surface area contributed by atoms with Gasteiger partial charge in [0.2, 0.25) is 5.88 Å². The van der Waals surface area contributed by atoms with Crippen molar-refractivity contribution < 1.29 is 4.74 Å². The minimum absolute atomic E-state index is 0.615. The maximum absolute atomic E-state index is 5.69. The summed E-state index contributed by atoms with van der Waals surface area (Å²) >= 11 is 1.58. The first kappa shape index (κ1) is 20.1. The molecule has 0 spiro atoms. The second-order valence-electron chi connectivity index (χ2n) is 6.68. The molecule has 148 valence electrons. The van der Waals surface area contributed by atoms with Crippen molar-refractivity contribution in [3.8, 4) is 5.88 Å². The highest BCUT2D eigenvalue weighted by Gasteiger charge is 2.22. The van der Waals surface area contributed by atoms with Crippen molar-refractivity contribution in [2.24, 2.45) is 5.92 Å². The van der Waals surface area contributed by atoms with Crippen LogP contribution >= 0.6 is 11.3 Å². The summed E-state index contributed by atoms with van der Waals surface area (Å²) < 4.78 is 5.69. The minimum atomic E-state index is 0.615. The Morgan fingerprint density at radius 3 is 2.68 bits per heavy atom. The van der Waals surface area contributed by atoms with E-state index in [1.807, 2.05) is 32.2 Å². The van der Waals surface area contributed by atoms with Crippen LogP contribution in [0.4, 0.5) is 5.82 Å². The Balaban J connectivity index is 0.000000236. The number of hydrogen-bond acceptors (Lipinski definition) is 8. The van der Waals surface area contributed by atoms with E-state index in [1.54, 1.807) is 17.5 Å². The summed E-state index contributed by atoms with van der Waals surface area (Å²) in [5.41, 5.74) is 1.30. The van der Waals surface area contributed by atoms with E-state index in [4.69, 9.17) is 4.74 Å². The quantitative estimate of drug-likeness (QED) is 0.644. The van der Waals surface area contributed by atoms with E-state index in [0.29, 0.717) is 24.2 Å². The number of aryl methyl sites for hydroxylation is 3. The van der Waals surface area contributed by atoms with Gasteiger partial charge in [-0.1, -0.05) is 24.3 Å². The Labute approximate surface area is 169 Å². The number of pyridine rings is 1. The minimum Gasteiger partial charge on any atom is -0.477 e. The number of nitrogens with zero attached hydrogens (tertiary/aromatic N) is 5. The molecule has 1 saturated carbocycles. The summed E-state index contributed by atoms with van der Waals surface area (Å²) in [4.78, 5) is 12.6. The third-order valence-electron chi connectivity index (χ3n) is 4.10.